The maximum atomic E-state index is 5.89. The second-order valence-corrected chi connectivity index (χ2v) is 4.54. The van der Waals surface area contributed by atoms with Gasteiger partial charge in [0.25, 0.3) is 0 Å². The van der Waals surface area contributed by atoms with Crippen molar-refractivity contribution in [3.05, 3.63) is 47.1 Å². The summed E-state index contributed by atoms with van der Waals surface area (Å²) in [6.07, 6.45) is 1.81. The van der Waals surface area contributed by atoms with E-state index in [0.717, 1.165) is 22.4 Å². The van der Waals surface area contributed by atoms with Crippen molar-refractivity contribution in [3.63, 3.8) is 0 Å². The molecule has 5 nitrogen and oxygen atoms in total. The first kappa shape index (κ1) is 11.9. The normalized spacial score (nSPS) is 10.8. The third kappa shape index (κ3) is 2.51. The average Bonchev–Trinajstić information content (AvgIpc) is 2.84. The molecule has 0 atom stereocenters. The first-order valence-corrected chi connectivity index (χ1v) is 6.27. The van der Waals surface area contributed by atoms with E-state index in [0.29, 0.717) is 12.4 Å². The van der Waals surface area contributed by atoms with E-state index in [1.807, 2.05) is 37.4 Å². The van der Waals surface area contributed by atoms with E-state index >= 15 is 0 Å². The minimum atomic E-state index is 0.217. The Hall–Kier alpha value is -2.14. The molecular formula is C13H12ClN5. The molecule has 96 valence electrons. The van der Waals surface area contributed by atoms with Crippen LogP contribution in [0.2, 0.25) is 5.28 Å². The van der Waals surface area contributed by atoms with Crippen LogP contribution >= 0.6 is 11.6 Å². The summed E-state index contributed by atoms with van der Waals surface area (Å²) in [5, 5.41) is 4.37. The van der Waals surface area contributed by atoms with Crippen LogP contribution in [-0.2, 0) is 6.54 Å². The van der Waals surface area contributed by atoms with Crippen LogP contribution in [0.3, 0.4) is 0 Å². The average molecular weight is 274 g/mol. The molecule has 3 aromatic heterocycles. The van der Waals surface area contributed by atoms with Crippen LogP contribution in [0.15, 0.2) is 30.5 Å². The third-order valence-electron chi connectivity index (χ3n) is 2.77. The van der Waals surface area contributed by atoms with Crippen molar-refractivity contribution in [1.29, 1.82) is 0 Å². The zero-order chi connectivity index (χ0) is 13.2. The van der Waals surface area contributed by atoms with E-state index in [2.05, 4.69) is 25.3 Å². The number of nitrogens with one attached hydrogen (secondary N) is 2. The van der Waals surface area contributed by atoms with Crippen LogP contribution in [0.4, 0.5) is 5.82 Å². The van der Waals surface area contributed by atoms with Gasteiger partial charge in [0, 0.05) is 11.9 Å². The number of H-pyrrole nitrogens is 1. The first-order valence-electron chi connectivity index (χ1n) is 5.89. The van der Waals surface area contributed by atoms with Crippen LogP contribution in [0, 0.1) is 6.92 Å². The molecule has 3 rings (SSSR count). The number of aromatic amines is 1. The van der Waals surface area contributed by atoms with Gasteiger partial charge in [-0.2, -0.15) is 4.98 Å². The lowest BCUT2D eigenvalue weighted by molar-refractivity contribution is 1.00. The largest absolute Gasteiger partial charge is 0.364 e. The summed E-state index contributed by atoms with van der Waals surface area (Å²) in [5.41, 5.74) is 2.67. The van der Waals surface area contributed by atoms with Crippen molar-refractivity contribution in [2.24, 2.45) is 0 Å². The van der Waals surface area contributed by atoms with E-state index in [9.17, 15) is 0 Å². The van der Waals surface area contributed by atoms with Gasteiger partial charge in [-0.25, -0.2) is 4.98 Å². The number of fused-ring (bicyclic) bond motifs is 1. The Morgan fingerprint density at radius 2 is 2.11 bits per heavy atom. The molecule has 6 heteroatoms. The number of aromatic nitrogens is 4. The molecule has 0 saturated carbocycles. The molecule has 19 heavy (non-hydrogen) atoms. The summed E-state index contributed by atoms with van der Waals surface area (Å²) < 4.78 is 0. The summed E-state index contributed by atoms with van der Waals surface area (Å²) >= 11 is 5.89. The lowest BCUT2D eigenvalue weighted by Gasteiger charge is -2.07. The standard InChI is InChI=1S/C13H12ClN5/c1-8-3-2-4-9(17-8)7-16-12-10-5-6-15-11(10)18-13(14)19-12/h2-6H,7H2,1H3,(H2,15,16,18,19). The molecule has 0 fully saturated rings. The molecule has 0 amide bonds. The molecule has 0 aliphatic rings. The Labute approximate surface area is 115 Å². The summed E-state index contributed by atoms with van der Waals surface area (Å²) in [7, 11) is 0. The molecule has 0 radical (unpaired) electrons. The number of nitrogens with zero attached hydrogens (tertiary/aromatic N) is 3. The van der Waals surface area contributed by atoms with Crippen LogP contribution in [0.5, 0.6) is 0 Å². The fourth-order valence-electron chi connectivity index (χ4n) is 1.92. The number of rotatable bonds is 3. The van der Waals surface area contributed by atoms with Gasteiger partial charge in [-0.1, -0.05) is 6.07 Å². The van der Waals surface area contributed by atoms with Crippen molar-refractivity contribution < 1.29 is 0 Å². The molecule has 0 aliphatic carbocycles. The number of anilines is 1. The Balaban J connectivity index is 1.87. The Morgan fingerprint density at radius 1 is 1.21 bits per heavy atom. The minimum Gasteiger partial charge on any atom is -0.364 e. The molecule has 0 saturated heterocycles. The van der Waals surface area contributed by atoms with Crippen LogP contribution < -0.4 is 5.32 Å². The van der Waals surface area contributed by atoms with Gasteiger partial charge in [-0.15, -0.1) is 0 Å². The fraction of sp³-hybridized carbons (Fsp3) is 0.154. The number of hydrogen-bond acceptors (Lipinski definition) is 4. The maximum Gasteiger partial charge on any atom is 0.226 e. The first-order chi connectivity index (χ1) is 9.22. The number of hydrogen-bond donors (Lipinski definition) is 2. The van der Waals surface area contributed by atoms with E-state index in [1.54, 1.807) is 0 Å². The van der Waals surface area contributed by atoms with Gasteiger partial charge in [-0.05, 0) is 36.7 Å². The Kier molecular flexibility index (Phi) is 3.05. The van der Waals surface area contributed by atoms with Crippen LogP contribution in [0.1, 0.15) is 11.4 Å². The van der Waals surface area contributed by atoms with E-state index in [-0.39, 0.29) is 5.28 Å². The highest BCUT2D eigenvalue weighted by atomic mass is 35.5. The molecule has 0 bridgehead atoms. The van der Waals surface area contributed by atoms with Gasteiger partial charge in [0.1, 0.15) is 11.5 Å². The van der Waals surface area contributed by atoms with Gasteiger partial charge in [-0.3, -0.25) is 4.98 Å². The highest BCUT2D eigenvalue weighted by Gasteiger charge is 2.07. The highest BCUT2D eigenvalue weighted by Crippen LogP contribution is 2.21. The van der Waals surface area contributed by atoms with E-state index in [1.165, 1.54) is 0 Å². The van der Waals surface area contributed by atoms with Gasteiger partial charge >= 0.3 is 0 Å². The molecular weight excluding hydrogens is 262 g/mol. The zero-order valence-corrected chi connectivity index (χ0v) is 11.1. The predicted octanol–water partition coefficient (Wildman–Crippen LogP) is 2.93. The molecule has 0 aromatic carbocycles. The monoisotopic (exact) mass is 273 g/mol. The smallest absolute Gasteiger partial charge is 0.226 e. The minimum absolute atomic E-state index is 0.217. The molecule has 0 unspecified atom stereocenters. The second kappa shape index (κ2) is 4.85. The zero-order valence-electron chi connectivity index (χ0n) is 10.3. The van der Waals surface area contributed by atoms with Crippen LogP contribution in [0.25, 0.3) is 11.0 Å². The van der Waals surface area contributed by atoms with Gasteiger partial charge in [0.05, 0.1) is 17.6 Å². The van der Waals surface area contributed by atoms with Crippen molar-refractivity contribution in [3.8, 4) is 0 Å². The summed E-state index contributed by atoms with van der Waals surface area (Å²) in [6.45, 7) is 2.56. The molecule has 3 aromatic rings. The lowest BCUT2D eigenvalue weighted by Crippen LogP contribution is -2.04. The molecule has 0 aliphatic heterocycles. The summed E-state index contributed by atoms with van der Waals surface area (Å²) in [4.78, 5) is 15.8. The molecule has 3 heterocycles. The molecule has 2 N–H and O–H groups in total. The predicted molar refractivity (Wildman–Crippen MR) is 75.2 cm³/mol. The van der Waals surface area contributed by atoms with Crippen molar-refractivity contribution in [1.82, 2.24) is 19.9 Å². The van der Waals surface area contributed by atoms with Gasteiger partial charge < -0.3 is 10.3 Å². The summed E-state index contributed by atoms with van der Waals surface area (Å²) in [5.74, 6) is 0.708. The highest BCUT2D eigenvalue weighted by molar-refractivity contribution is 6.28. The third-order valence-corrected chi connectivity index (χ3v) is 2.94. The number of pyridine rings is 1. The number of aryl methyl sites for hydroxylation is 1. The maximum absolute atomic E-state index is 5.89. The fourth-order valence-corrected chi connectivity index (χ4v) is 2.09. The van der Waals surface area contributed by atoms with Crippen molar-refractivity contribution in [2.45, 2.75) is 13.5 Å². The topological polar surface area (TPSA) is 66.5 Å². The molecule has 0 spiro atoms. The Bertz CT molecular complexity index is 722. The SMILES string of the molecule is Cc1cccc(CNc2nc(Cl)nc3[nH]ccc23)n1. The van der Waals surface area contributed by atoms with Crippen molar-refractivity contribution >= 4 is 28.5 Å². The Morgan fingerprint density at radius 3 is 2.95 bits per heavy atom. The van der Waals surface area contributed by atoms with Crippen molar-refractivity contribution in [2.75, 3.05) is 5.32 Å². The van der Waals surface area contributed by atoms with Gasteiger partial charge in [0.2, 0.25) is 5.28 Å². The second-order valence-electron chi connectivity index (χ2n) is 4.21. The van der Waals surface area contributed by atoms with E-state index in [4.69, 9.17) is 11.6 Å². The van der Waals surface area contributed by atoms with Crippen LogP contribution in [-0.4, -0.2) is 19.9 Å². The summed E-state index contributed by atoms with van der Waals surface area (Å²) in [6, 6.07) is 7.84. The quantitative estimate of drug-likeness (QED) is 0.720. The van der Waals surface area contributed by atoms with Gasteiger partial charge in [0.15, 0.2) is 0 Å². The van der Waals surface area contributed by atoms with E-state index < -0.39 is 0 Å². The number of halogens is 1. The lowest BCUT2D eigenvalue weighted by atomic mass is 10.3.